The molecule has 10 aromatic rings. The smallest absolute Gasteiger partial charge is 0.0326 e. The van der Waals surface area contributed by atoms with Crippen LogP contribution in [0.25, 0.3) is 66.8 Å². The molecule has 0 aliphatic heterocycles. The molecule has 0 aliphatic carbocycles. The van der Waals surface area contributed by atoms with Crippen molar-refractivity contribution in [3.8, 4) is 102 Å². The van der Waals surface area contributed by atoms with Crippen LogP contribution in [-0.4, -0.2) is 0 Å². The maximum Gasteiger partial charge on any atom is 0.0326 e. The van der Waals surface area contributed by atoms with Crippen molar-refractivity contribution in [2.24, 2.45) is 0 Å². The molecule has 0 amide bonds. The quantitative estimate of drug-likeness (QED) is 0.115. The summed E-state index contributed by atoms with van der Waals surface area (Å²) >= 11 is 0. The number of benzene rings is 10. The number of nitrogen functional groups attached to an aromatic ring is 3. The van der Waals surface area contributed by atoms with E-state index < -0.39 is 0 Å². The second-order valence-electron chi connectivity index (χ2n) is 16.9. The molecule has 0 radical (unpaired) electrons. The van der Waals surface area contributed by atoms with E-state index >= 15 is 0 Å². The minimum atomic E-state index is 0.708. The fraction of sp³-hybridized carbons (Fsp3) is 0. The Hall–Kier alpha value is -9.72. The van der Waals surface area contributed by atoms with Gasteiger partial charge in [-0.25, -0.2) is 0 Å². The fourth-order valence-electron chi connectivity index (χ4n) is 8.21. The van der Waals surface area contributed by atoms with E-state index in [1.807, 2.05) is 72.8 Å². The van der Waals surface area contributed by atoms with E-state index in [1.54, 1.807) is 0 Å². The first-order valence-electron chi connectivity index (χ1n) is 22.7. The Bertz CT molecular complexity index is 3240. The van der Waals surface area contributed by atoms with Gasteiger partial charge in [-0.2, -0.15) is 0 Å². The predicted octanol–water partition coefficient (Wildman–Crippen LogP) is 14.6. The maximum atomic E-state index is 5.95. The Kier molecular flexibility index (Phi) is 12.4. The molecule has 3 heteroatoms. The van der Waals surface area contributed by atoms with Gasteiger partial charge >= 0.3 is 0 Å². The summed E-state index contributed by atoms with van der Waals surface area (Å²) in [4.78, 5) is 0. The Morgan fingerprint density at radius 3 is 0.580 bits per heavy atom. The maximum absolute atomic E-state index is 5.95. The van der Waals surface area contributed by atoms with Crippen LogP contribution in [0.4, 0.5) is 17.1 Å². The SMILES string of the molecule is Nc1cccc(C#Cc2ccc(-c3ccc(-c4cc(-c5ccc(-c6ccc(C#Cc7cccc(N)c7)cc6)cc5)cc(-c5ccc(-c6ccc(C#Cc7cccc(N)c7)cc6)cc5)c4)cc3)cc2)c1. The van der Waals surface area contributed by atoms with Crippen LogP contribution in [0, 0.1) is 35.5 Å². The van der Waals surface area contributed by atoms with Crippen molar-refractivity contribution < 1.29 is 0 Å². The zero-order valence-electron chi connectivity index (χ0n) is 37.7. The van der Waals surface area contributed by atoms with Gasteiger partial charge in [0.2, 0.25) is 0 Å². The number of nitrogens with two attached hydrogens (primary N) is 3. The van der Waals surface area contributed by atoms with E-state index in [4.69, 9.17) is 17.2 Å². The van der Waals surface area contributed by atoms with Crippen molar-refractivity contribution in [1.82, 2.24) is 0 Å². The summed E-state index contributed by atoms with van der Waals surface area (Å²) < 4.78 is 0. The zero-order chi connectivity index (χ0) is 46.9. The minimum absolute atomic E-state index is 0.708. The zero-order valence-corrected chi connectivity index (χ0v) is 37.7. The van der Waals surface area contributed by atoms with Crippen LogP contribution in [0.5, 0.6) is 0 Å². The molecule has 0 fully saturated rings. The van der Waals surface area contributed by atoms with Crippen molar-refractivity contribution in [2.45, 2.75) is 0 Å². The molecule has 0 spiro atoms. The fourth-order valence-corrected chi connectivity index (χ4v) is 8.21. The van der Waals surface area contributed by atoms with E-state index in [1.165, 1.54) is 0 Å². The third kappa shape index (κ3) is 10.7. The van der Waals surface area contributed by atoms with Crippen molar-refractivity contribution >= 4 is 17.1 Å². The van der Waals surface area contributed by atoms with Crippen LogP contribution >= 0.6 is 0 Å². The van der Waals surface area contributed by atoms with Gasteiger partial charge in [0, 0.05) is 50.4 Å². The molecular weight excluding hydrogens is 835 g/mol. The average Bonchev–Trinajstić information content (AvgIpc) is 3.40. The highest BCUT2D eigenvalue weighted by molar-refractivity contribution is 5.83. The van der Waals surface area contributed by atoms with Crippen LogP contribution in [0.2, 0.25) is 0 Å². The Morgan fingerprint density at radius 1 is 0.174 bits per heavy atom. The van der Waals surface area contributed by atoms with Gasteiger partial charge in [-0.05, 0) is 176 Å². The van der Waals surface area contributed by atoms with Gasteiger partial charge in [0.05, 0.1) is 0 Å². The van der Waals surface area contributed by atoms with E-state index in [9.17, 15) is 0 Å². The highest BCUT2D eigenvalue weighted by atomic mass is 14.5. The van der Waals surface area contributed by atoms with Crippen LogP contribution in [0.3, 0.4) is 0 Å². The van der Waals surface area contributed by atoms with Gasteiger partial charge < -0.3 is 17.2 Å². The van der Waals surface area contributed by atoms with Gasteiger partial charge in [-0.1, -0.05) is 163 Å². The number of anilines is 3. The summed E-state index contributed by atoms with van der Waals surface area (Å²) in [7, 11) is 0. The van der Waals surface area contributed by atoms with Crippen LogP contribution in [-0.2, 0) is 0 Å². The molecule has 6 N–H and O–H groups in total. The molecule has 0 unspecified atom stereocenters. The molecule has 0 heterocycles. The van der Waals surface area contributed by atoms with E-state index in [0.29, 0.717) is 17.1 Å². The van der Waals surface area contributed by atoms with E-state index in [2.05, 4.69) is 199 Å². The van der Waals surface area contributed by atoms with Crippen molar-refractivity contribution in [1.29, 1.82) is 0 Å². The molecule has 0 saturated carbocycles. The first-order valence-corrected chi connectivity index (χ1v) is 22.7. The van der Waals surface area contributed by atoms with Gasteiger partial charge in [0.1, 0.15) is 0 Å². The van der Waals surface area contributed by atoms with Gasteiger partial charge in [-0.3, -0.25) is 0 Å². The van der Waals surface area contributed by atoms with Gasteiger partial charge in [0.15, 0.2) is 0 Å². The third-order valence-electron chi connectivity index (χ3n) is 12.0. The van der Waals surface area contributed by atoms with Gasteiger partial charge in [0.25, 0.3) is 0 Å². The van der Waals surface area contributed by atoms with Crippen molar-refractivity contribution in [3.05, 3.63) is 270 Å². The van der Waals surface area contributed by atoms with E-state index in [0.717, 1.165) is 100 Å². The third-order valence-corrected chi connectivity index (χ3v) is 12.0. The standard InChI is InChI=1S/C66H45N3/c67-64-7-1-4-49(40-64)13-10-46-16-22-52(23-17-46)55-28-34-58(35-29-55)61-43-62(59-36-30-56(31-37-59)53-24-18-47(19-25-53)11-14-50-5-2-8-65(68)41-50)45-63(44-61)60-38-32-57(33-39-60)54-26-20-48(21-27-54)12-15-51-6-3-9-66(69)42-51/h1-9,16-45H,67-69H2. The second-order valence-corrected chi connectivity index (χ2v) is 16.9. The highest BCUT2D eigenvalue weighted by Crippen LogP contribution is 2.36. The molecular formula is C66H45N3. The van der Waals surface area contributed by atoms with Crippen LogP contribution < -0.4 is 17.2 Å². The topological polar surface area (TPSA) is 78.1 Å². The lowest BCUT2D eigenvalue weighted by Crippen LogP contribution is -1.88. The highest BCUT2D eigenvalue weighted by Gasteiger charge is 2.10. The van der Waals surface area contributed by atoms with E-state index in [-0.39, 0.29) is 0 Å². The Balaban J connectivity index is 0.921. The average molecular weight is 880 g/mol. The van der Waals surface area contributed by atoms with Crippen molar-refractivity contribution in [2.75, 3.05) is 17.2 Å². The first kappa shape index (κ1) is 43.2. The molecule has 0 aromatic heterocycles. The predicted molar refractivity (Wildman–Crippen MR) is 290 cm³/mol. The second kappa shape index (κ2) is 19.8. The molecule has 0 bridgehead atoms. The summed E-state index contributed by atoms with van der Waals surface area (Å²) in [5.74, 6) is 19.4. The minimum Gasteiger partial charge on any atom is -0.399 e. The molecule has 0 aliphatic rings. The summed E-state index contributed by atoms with van der Waals surface area (Å²) in [5.41, 5.74) is 39.1. The summed E-state index contributed by atoms with van der Waals surface area (Å²) in [6.45, 7) is 0. The molecule has 3 nitrogen and oxygen atoms in total. The Morgan fingerprint density at radius 2 is 0.362 bits per heavy atom. The summed E-state index contributed by atoms with van der Waals surface area (Å²) in [6, 6.07) is 81.4. The molecule has 0 atom stereocenters. The molecule has 10 aromatic carbocycles. The largest absolute Gasteiger partial charge is 0.399 e. The first-order chi connectivity index (χ1) is 33.8. The number of hydrogen-bond acceptors (Lipinski definition) is 3. The molecule has 69 heavy (non-hydrogen) atoms. The lowest BCUT2D eigenvalue weighted by molar-refractivity contribution is 1.54. The lowest BCUT2D eigenvalue weighted by atomic mass is 9.91. The normalized spacial score (nSPS) is 10.4. The Labute approximate surface area is 404 Å². The molecule has 324 valence electrons. The number of hydrogen-bond donors (Lipinski definition) is 3. The molecule has 10 rings (SSSR count). The summed E-state index contributed by atoms with van der Waals surface area (Å²) in [5, 5.41) is 0. The number of rotatable bonds is 6. The van der Waals surface area contributed by atoms with Crippen LogP contribution in [0.1, 0.15) is 33.4 Å². The monoisotopic (exact) mass is 879 g/mol. The summed E-state index contributed by atoms with van der Waals surface area (Å²) in [6.07, 6.45) is 0. The van der Waals surface area contributed by atoms with Gasteiger partial charge in [-0.15, -0.1) is 0 Å². The van der Waals surface area contributed by atoms with Crippen LogP contribution in [0.15, 0.2) is 237 Å². The van der Waals surface area contributed by atoms with Crippen molar-refractivity contribution in [3.63, 3.8) is 0 Å². The lowest BCUT2D eigenvalue weighted by Gasteiger charge is -2.13. The molecule has 0 saturated heterocycles.